The molecule has 0 radical (unpaired) electrons. The lowest BCUT2D eigenvalue weighted by Crippen LogP contribution is -2.24. The Hall–Kier alpha value is -2.27. The van der Waals surface area contributed by atoms with Gasteiger partial charge in [0.1, 0.15) is 11.5 Å². The first-order chi connectivity index (χ1) is 12.3. The van der Waals surface area contributed by atoms with Crippen molar-refractivity contribution in [3.8, 4) is 5.75 Å². The van der Waals surface area contributed by atoms with Gasteiger partial charge in [-0.3, -0.25) is 9.69 Å². The molecule has 1 unspecified atom stereocenters. The van der Waals surface area contributed by atoms with Gasteiger partial charge in [-0.2, -0.15) is 0 Å². The Morgan fingerprint density at radius 1 is 1.35 bits per heavy atom. The molecular formula is C21H28N2O3. The van der Waals surface area contributed by atoms with E-state index in [1.807, 2.05) is 12.1 Å². The van der Waals surface area contributed by atoms with E-state index < -0.39 is 5.91 Å². The predicted octanol–water partition coefficient (Wildman–Crippen LogP) is 4.02. The quantitative estimate of drug-likeness (QED) is 0.878. The van der Waals surface area contributed by atoms with Gasteiger partial charge in [0.25, 0.3) is 5.91 Å². The van der Waals surface area contributed by atoms with E-state index in [2.05, 4.69) is 37.8 Å². The molecule has 2 aromatic rings. The molecule has 2 heterocycles. The second kappa shape index (κ2) is 7.16. The van der Waals surface area contributed by atoms with Gasteiger partial charge in [-0.15, -0.1) is 0 Å². The number of nitrogens with two attached hydrogens (primary N) is 1. The van der Waals surface area contributed by atoms with E-state index in [9.17, 15) is 4.79 Å². The van der Waals surface area contributed by atoms with Gasteiger partial charge in [-0.25, -0.2) is 0 Å². The minimum Gasteiger partial charge on any atom is -0.496 e. The highest BCUT2D eigenvalue weighted by molar-refractivity contribution is 5.90. The standard InChI is InChI=1S/C21H28N2O3/c1-21(2,3)19-14(12-18(26-19)20(22)24)13-23-11-7-9-16(23)15-8-5-6-10-17(15)25-4/h5-6,8,10,12,16H,7,9,11,13H2,1-4H3,(H2,22,24). The molecule has 1 aliphatic heterocycles. The zero-order valence-electron chi connectivity index (χ0n) is 16.0. The summed E-state index contributed by atoms with van der Waals surface area (Å²) in [5, 5.41) is 0. The van der Waals surface area contributed by atoms with Crippen LogP contribution in [0.1, 0.15) is 67.1 Å². The van der Waals surface area contributed by atoms with E-state index in [1.165, 1.54) is 5.56 Å². The smallest absolute Gasteiger partial charge is 0.284 e. The normalized spacial score (nSPS) is 18.2. The number of amides is 1. The molecule has 1 saturated heterocycles. The zero-order valence-corrected chi connectivity index (χ0v) is 16.0. The first-order valence-corrected chi connectivity index (χ1v) is 9.11. The van der Waals surface area contributed by atoms with Gasteiger partial charge in [0.2, 0.25) is 0 Å². The molecule has 1 amide bonds. The van der Waals surface area contributed by atoms with Crippen LogP contribution in [0.25, 0.3) is 0 Å². The van der Waals surface area contributed by atoms with Crippen LogP contribution < -0.4 is 10.5 Å². The van der Waals surface area contributed by atoms with Crippen molar-refractivity contribution in [1.29, 1.82) is 0 Å². The SMILES string of the molecule is COc1ccccc1C1CCCN1Cc1cc(C(N)=O)oc1C(C)(C)C. The van der Waals surface area contributed by atoms with Crippen LogP contribution in [0.15, 0.2) is 34.7 Å². The number of nitrogens with zero attached hydrogens (tertiary/aromatic N) is 1. The minimum absolute atomic E-state index is 0.192. The van der Waals surface area contributed by atoms with Crippen LogP contribution in [0.2, 0.25) is 0 Å². The predicted molar refractivity (Wildman–Crippen MR) is 101 cm³/mol. The molecule has 5 nitrogen and oxygen atoms in total. The van der Waals surface area contributed by atoms with Gasteiger partial charge in [0.05, 0.1) is 7.11 Å². The molecule has 1 aromatic heterocycles. The van der Waals surface area contributed by atoms with Crippen LogP contribution in [-0.2, 0) is 12.0 Å². The molecule has 1 aliphatic rings. The van der Waals surface area contributed by atoms with Crippen LogP contribution in [0, 0.1) is 0 Å². The summed E-state index contributed by atoms with van der Waals surface area (Å²) in [6.07, 6.45) is 2.22. The Kier molecular flexibility index (Phi) is 5.10. The fourth-order valence-electron chi connectivity index (χ4n) is 3.83. The average Bonchev–Trinajstić information content (AvgIpc) is 3.22. The fraction of sp³-hybridized carbons (Fsp3) is 0.476. The molecule has 1 fully saturated rings. The van der Waals surface area contributed by atoms with Crippen molar-refractivity contribution in [3.63, 3.8) is 0 Å². The van der Waals surface area contributed by atoms with Crippen molar-refractivity contribution in [3.05, 3.63) is 53.0 Å². The summed E-state index contributed by atoms with van der Waals surface area (Å²) in [6, 6.07) is 10.3. The molecule has 0 bridgehead atoms. The Bertz CT molecular complexity index is 789. The number of primary amides is 1. The number of methoxy groups -OCH3 is 1. The van der Waals surface area contributed by atoms with Gasteiger partial charge in [0, 0.05) is 29.1 Å². The molecule has 5 heteroatoms. The lowest BCUT2D eigenvalue weighted by atomic mass is 9.90. The third kappa shape index (κ3) is 3.63. The molecule has 1 aromatic carbocycles. The van der Waals surface area contributed by atoms with Gasteiger partial charge in [-0.05, 0) is 31.5 Å². The molecule has 0 aliphatic carbocycles. The number of benzene rings is 1. The number of likely N-dealkylation sites (tertiary alicyclic amines) is 1. The van der Waals surface area contributed by atoms with Gasteiger partial charge >= 0.3 is 0 Å². The Morgan fingerprint density at radius 3 is 2.73 bits per heavy atom. The minimum atomic E-state index is -0.524. The number of carbonyl (C=O) groups excluding carboxylic acids is 1. The van der Waals surface area contributed by atoms with Gasteiger partial charge in [-0.1, -0.05) is 39.0 Å². The maximum Gasteiger partial charge on any atom is 0.284 e. The second-order valence-electron chi connectivity index (χ2n) is 7.95. The van der Waals surface area contributed by atoms with E-state index in [4.69, 9.17) is 14.9 Å². The molecule has 3 rings (SSSR count). The Morgan fingerprint density at radius 2 is 2.08 bits per heavy atom. The van der Waals surface area contributed by atoms with Crippen LogP contribution in [-0.4, -0.2) is 24.5 Å². The summed E-state index contributed by atoms with van der Waals surface area (Å²) in [6.45, 7) is 7.99. The topological polar surface area (TPSA) is 68.7 Å². The van der Waals surface area contributed by atoms with Crippen molar-refractivity contribution in [2.75, 3.05) is 13.7 Å². The van der Waals surface area contributed by atoms with E-state index in [-0.39, 0.29) is 11.2 Å². The van der Waals surface area contributed by atoms with E-state index >= 15 is 0 Å². The summed E-state index contributed by atoms with van der Waals surface area (Å²) in [5.74, 6) is 1.46. The van der Waals surface area contributed by atoms with Crippen LogP contribution in [0.3, 0.4) is 0 Å². The highest BCUT2D eigenvalue weighted by atomic mass is 16.5. The van der Waals surface area contributed by atoms with E-state index in [1.54, 1.807) is 13.2 Å². The third-order valence-corrected chi connectivity index (χ3v) is 4.97. The number of carbonyl (C=O) groups is 1. The fourth-order valence-corrected chi connectivity index (χ4v) is 3.83. The number of furan rings is 1. The number of ether oxygens (including phenoxy) is 1. The van der Waals surface area contributed by atoms with Gasteiger partial charge in [0.15, 0.2) is 5.76 Å². The van der Waals surface area contributed by atoms with Crippen molar-refractivity contribution in [1.82, 2.24) is 4.90 Å². The zero-order chi connectivity index (χ0) is 18.9. The highest BCUT2D eigenvalue weighted by Gasteiger charge is 2.31. The van der Waals surface area contributed by atoms with Crippen LogP contribution in [0.4, 0.5) is 0 Å². The maximum absolute atomic E-state index is 11.6. The number of para-hydroxylation sites is 1. The molecular weight excluding hydrogens is 328 g/mol. The lowest BCUT2D eigenvalue weighted by Gasteiger charge is -2.27. The monoisotopic (exact) mass is 356 g/mol. The highest BCUT2D eigenvalue weighted by Crippen LogP contribution is 2.39. The lowest BCUT2D eigenvalue weighted by molar-refractivity contribution is 0.0970. The van der Waals surface area contributed by atoms with E-state index in [0.29, 0.717) is 6.04 Å². The Balaban J connectivity index is 1.92. The number of hydrogen-bond donors (Lipinski definition) is 1. The van der Waals surface area contributed by atoms with Crippen molar-refractivity contribution in [2.45, 2.75) is 51.6 Å². The van der Waals surface area contributed by atoms with Gasteiger partial charge < -0.3 is 14.9 Å². The largest absolute Gasteiger partial charge is 0.496 e. The summed E-state index contributed by atoms with van der Waals surface area (Å²) in [5.41, 5.74) is 7.50. The Labute approximate surface area is 155 Å². The van der Waals surface area contributed by atoms with Crippen LogP contribution >= 0.6 is 0 Å². The second-order valence-corrected chi connectivity index (χ2v) is 7.95. The summed E-state index contributed by atoms with van der Waals surface area (Å²) >= 11 is 0. The molecule has 26 heavy (non-hydrogen) atoms. The van der Waals surface area contributed by atoms with Crippen molar-refractivity contribution >= 4 is 5.91 Å². The van der Waals surface area contributed by atoms with Crippen molar-refractivity contribution in [2.24, 2.45) is 5.73 Å². The molecule has 0 spiro atoms. The summed E-state index contributed by atoms with van der Waals surface area (Å²) in [7, 11) is 1.71. The van der Waals surface area contributed by atoms with Crippen LogP contribution in [0.5, 0.6) is 5.75 Å². The average molecular weight is 356 g/mol. The molecule has 2 N–H and O–H groups in total. The maximum atomic E-state index is 11.6. The van der Waals surface area contributed by atoms with Crippen molar-refractivity contribution < 1.29 is 13.9 Å². The first-order valence-electron chi connectivity index (χ1n) is 9.11. The number of rotatable bonds is 5. The first kappa shape index (κ1) is 18.5. The third-order valence-electron chi connectivity index (χ3n) is 4.97. The molecule has 140 valence electrons. The summed E-state index contributed by atoms with van der Waals surface area (Å²) < 4.78 is 11.4. The molecule has 1 atom stereocenters. The molecule has 0 saturated carbocycles. The van der Waals surface area contributed by atoms with E-state index in [0.717, 1.165) is 43.0 Å². The number of hydrogen-bond acceptors (Lipinski definition) is 4. The summed E-state index contributed by atoms with van der Waals surface area (Å²) in [4.78, 5) is 14.0.